The number of thiophene rings is 1. The van der Waals surface area contributed by atoms with Crippen LogP contribution in [-0.4, -0.2) is 17.1 Å². The zero-order valence-electron chi connectivity index (χ0n) is 9.11. The van der Waals surface area contributed by atoms with E-state index in [4.69, 9.17) is 4.74 Å². The third-order valence-corrected chi connectivity index (χ3v) is 2.96. The van der Waals surface area contributed by atoms with Crippen molar-refractivity contribution in [1.82, 2.24) is 9.97 Å². The number of aryl methyl sites for hydroxylation is 1. The zero-order chi connectivity index (χ0) is 11.5. The first-order chi connectivity index (χ1) is 7.69. The molecule has 0 aliphatic carbocycles. The molecule has 0 radical (unpaired) electrons. The summed E-state index contributed by atoms with van der Waals surface area (Å²) in [5.41, 5.74) is 1.52. The van der Waals surface area contributed by atoms with Gasteiger partial charge in [0.15, 0.2) is 0 Å². The van der Waals surface area contributed by atoms with Crippen LogP contribution < -0.4 is 5.56 Å². The quantitative estimate of drug-likeness (QED) is 0.886. The van der Waals surface area contributed by atoms with E-state index in [1.165, 1.54) is 10.9 Å². The fourth-order valence-corrected chi connectivity index (χ4v) is 2.14. The maximum absolute atomic E-state index is 11.4. The first kappa shape index (κ1) is 11.0. The normalized spacial score (nSPS) is 10.6. The molecular formula is C11H12N2O2S. The van der Waals surface area contributed by atoms with Crippen molar-refractivity contribution in [1.29, 1.82) is 0 Å². The van der Waals surface area contributed by atoms with E-state index >= 15 is 0 Å². The first-order valence-electron chi connectivity index (χ1n) is 4.84. The van der Waals surface area contributed by atoms with E-state index in [2.05, 4.69) is 9.97 Å². The topological polar surface area (TPSA) is 55.0 Å². The highest BCUT2D eigenvalue weighted by Crippen LogP contribution is 2.22. The van der Waals surface area contributed by atoms with Gasteiger partial charge >= 0.3 is 0 Å². The van der Waals surface area contributed by atoms with Gasteiger partial charge in [0.1, 0.15) is 12.4 Å². The van der Waals surface area contributed by atoms with Crippen molar-refractivity contribution < 1.29 is 4.74 Å². The largest absolute Gasteiger partial charge is 0.377 e. The zero-order valence-corrected chi connectivity index (χ0v) is 9.93. The van der Waals surface area contributed by atoms with E-state index in [-0.39, 0.29) is 5.56 Å². The van der Waals surface area contributed by atoms with Gasteiger partial charge < -0.3 is 9.72 Å². The molecule has 0 aliphatic rings. The molecule has 84 valence electrons. The number of H-pyrrole nitrogens is 1. The molecule has 0 aromatic carbocycles. The molecule has 5 heteroatoms. The Morgan fingerprint density at radius 2 is 2.31 bits per heavy atom. The van der Waals surface area contributed by atoms with Crippen LogP contribution in [0.2, 0.25) is 0 Å². The fourth-order valence-electron chi connectivity index (χ4n) is 1.44. The van der Waals surface area contributed by atoms with E-state index in [9.17, 15) is 4.79 Å². The Balaban J connectivity index is 2.44. The van der Waals surface area contributed by atoms with Gasteiger partial charge in [0.05, 0.1) is 5.69 Å². The van der Waals surface area contributed by atoms with Crippen molar-refractivity contribution in [3.63, 3.8) is 0 Å². The Kier molecular flexibility index (Phi) is 3.17. The van der Waals surface area contributed by atoms with Crippen LogP contribution in [-0.2, 0) is 11.3 Å². The average molecular weight is 236 g/mol. The summed E-state index contributed by atoms with van der Waals surface area (Å²) in [6, 6.07) is 3.52. The molecule has 0 spiro atoms. The maximum Gasteiger partial charge on any atom is 0.251 e. The molecule has 0 saturated heterocycles. The average Bonchev–Trinajstić information content (AvgIpc) is 2.64. The van der Waals surface area contributed by atoms with Crippen LogP contribution in [0.5, 0.6) is 0 Å². The number of ether oxygens (including phenoxy) is 1. The minimum absolute atomic E-state index is 0.152. The van der Waals surface area contributed by atoms with Crippen LogP contribution in [0.25, 0.3) is 11.3 Å². The Hall–Kier alpha value is -1.46. The molecule has 2 aromatic heterocycles. The van der Waals surface area contributed by atoms with Gasteiger partial charge in [-0.3, -0.25) is 4.79 Å². The summed E-state index contributed by atoms with van der Waals surface area (Å²) in [4.78, 5) is 19.6. The molecule has 0 aliphatic heterocycles. The summed E-state index contributed by atoms with van der Waals surface area (Å²) in [6.45, 7) is 2.34. The third-order valence-electron chi connectivity index (χ3n) is 2.10. The number of nitrogens with zero attached hydrogens (tertiary/aromatic N) is 1. The van der Waals surface area contributed by atoms with E-state index < -0.39 is 0 Å². The molecule has 16 heavy (non-hydrogen) atoms. The van der Waals surface area contributed by atoms with Crippen LogP contribution in [0.15, 0.2) is 22.3 Å². The molecule has 0 fully saturated rings. The van der Waals surface area contributed by atoms with Crippen molar-refractivity contribution in [2.24, 2.45) is 0 Å². The number of nitrogens with one attached hydrogen (secondary N) is 1. The summed E-state index contributed by atoms with van der Waals surface area (Å²) in [6.07, 6.45) is 0. The smallest absolute Gasteiger partial charge is 0.251 e. The lowest BCUT2D eigenvalue weighted by molar-refractivity contribution is 0.177. The Morgan fingerprint density at radius 1 is 1.50 bits per heavy atom. The number of aromatic nitrogens is 2. The summed E-state index contributed by atoms with van der Waals surface area (Å²) in [5, 5.41) is 1.99. The second-order valence-corrected chi connectivity index (χ2v) is 4.57. The van der Waals surface area contributed by atoms with Crippen LogP contribution in [0.1, 0.15) is 10.7 Å². The number of hydrogen-bond acceptors (Lipinski definition) is 4. The molecule has 2 aromatic rings. The molecule has 4 nitrogen and oxygen atoms in total. The molecular weight excluding hydrogens is 224 g/mol. The van der Waals surface area contributed by atoms with E-state index in [0.717, 1.165) is 5.56 Å². The summed E-state index contributed by atoms with van der Waals surface area (Å²) >= 11 is 1.64. The van der Waals surface area contributed by atoms with Gasteiger partial charge in [0.25, 0.3) is 5.56 Å². The second-order valence-electron chi connectivity index (χ2n) is 3.46. The van der Waals surface area contributed by atoms with Gasteiger partial charge in [0.2, 0.25) is 0 Å². The number of aromatic amines is 1. The second kappa shape index (κ2) is 4.59. The predicted molar refractivity (Wildman–Crippen MR) is 63.6 cm³/mol. The lowest BCUT2D eigenvalue weighted by Crippen LogP contribution is -2.11. The van der Waals surface area contributed by atoms with Crippen molar-refractivity contribution in [3.05, 3.63) is 38.6 Å². The summed E-state index contributed by atoms with van der Waals surface area (Å²) in [5.74, 6) is 0.550. The molecule has 0 saturated carbocycles. The van der Waals surface area contributed by atoms with Crippen LogP contribution in [0.4, 0.5) is 0 Å². The molecule has 0 atom stereocenters. The predicted octanol–water partition coefficient (Wildman–Crippen LogP) is 1.95. The lowest BCUT2D eigenvalue weighted by atomic mass is 10.2. The van der Waals surface area contributed by atoms with Crippen LogP contribution in [0.3, 0.4) is 0 Å². The maximum atomic E-state index is 11.4. The molecule has 0 unspecified atom stereocenters. The van der Waals surface area contributed by atoms with Gasteiger partial charge in [-0.05, 0) is 13.0 Å². The summed E-state index contributed by atoms with van der Waals surface area (Å²) < 4.78 is 4.95. The monoisotopic (exact) mass is 236 g/mol. The van der Waals surface area contributed by atoms with Crippen LogP contribution >= 0.6 is 11.3 Å². The van der Waals surface area contributed by atoms with E-state index in [1.807, 2.05) is 18.4 Å². The van der Waals surface area contributed by atoms with Gasteiger partial charge in [0, 0.05) is 29.0 Å². The highest BCUT2D eigenvalue weighted by atomic mass is 32.1. The Labute approximate surface area is 96.9 Å². The van der Waals surface area contributed by atoms with Crippen LogP contribution in [0, 0.1) is 6.92 Å². The van der Waals surface area contributed by atoms with Gasteiger partial charge in [-0.2, -0.15) is 0 Å². The SMILES string of the molecule is COCc1nc(-c2csc(C)c2)cc(=O)[nH]1. The highest BCUT2D eigenvalue weighted by Gasteiger charge is 2.05. The lowest BCUT2D eigenvalue weighted by Gasteiger charge is -2.01. The van der Waals surface area contributed by atoms with Gasteiger partial charge in [-0.1, -0.05) is 0 Å². The summed E-state index contributed by atoms with van der Waals surface area (Å²) in [7, 11) is 1.57. The Morgan fingerprint density at radius 3 is 2.94 bits per heavy atom. The number of hydrogen-bond donors (Lipinski definition) is 1. The fraction of sp³-hybridized carbons (Fsp3) is 0.273. The van der Waals surface area contributed by atoms with Gasteiger partial charge in [-0.25, -0.2) is 4.98 Å². The standard InChI is InChI=1S/C11H12N2O2S/c1-7-3-8(6-16-7)9-4-11(14)13-10(12-9)5-15-2/h3-4,6H,5H2,1-2H3,(H,12,13,14). The van der Waals surface area contributed by atoms with E-state index in [0.29, 0.717) is 18.1 Å². The van der Waals surface area contributed by atoms with E-state index in [1.54, 1.807) is 18.4 Å². The third kappa shape index (κ3) is 2.37. The van der Waals surface area contributed by atoms with Crippen molar-refractivity contribution in [3.8, 4) is 11.3 Å². The minimum atomic E-state index is -0.152. The number of methoxy groups -OCH3 is 1. The Bertz CT molecular complexity index is 545. The number of rotatable bonds is 3. The molecule has 1 N–H and O–H groups in total. The highest BCUT2D eigenvalue weighted by molar-refractivity contribution is 7.10. The minimum Gasteiger partial charge on any atom is -0.377 e. The van der Waals surface area contributed by atoms with Crippen molar-refractivity contribution >= 4 is 11.3 Å². The molecule has 2 rings (SSSR count). The molecule has 0 amide bonds. The van der Waals surface area contributed by atoms with Crippen molar-refractivity contribution in [2.45, 2.75) is 13.5 Å². The van der Waals surface area contributed by atoms with Gasteiger partial charge in [-0.15, -0.1) is 11.3 Å². The molecule has 0 bridgehead atoms. The first-order valence-corrected chi connectivity index (χ1v) is 5.71. The van der Waals surface area contributed by atoms with Crippen molar-refractivity contribution in [2.75, 3.05) is 7.11 Å². The molecule has 2 heterocycles.